The zero-order chi connectivity index (χ0) is 18.0. The highest BCUT2D eigenvalue weighted by molar-refractivity contribution is 5.94. The van der Waals surface area contributed by atoms with Crippen molar-refractivity contribution >= 4 is 11.8 Å². The van der Waals surface area contributed by atoms with E-state index in [4.69, 9.17) is 4.74 Å². The van der Waals surface area contributed by atoms with Gasteiger partial charge >= 0.3 is 0 Å². The number of hydrogen-bond donors (Lipinski definition) is 1. The van der Waals surface area contributed by atoms with E-state index in [9.17, 15) is 14.0 Å². The van der Waals surface area contributed by atoms with Crippen molar-refractivity contribution in [1.29, 1.82) is 0 Å². The van der Waals surface area contributed by atoms with Crippen LogP contribution in [0.2, 0.25) is 0 Å². The van der Waals surface area contributed by atoms with Crippen LogP contribution in [0.25, 0.3) is 0 Å². The van der Waals surface area contributed by atoms with Crippen molar-refractivity contribution in [2.45, 2.75) is 24.8 Å². The summed E-state index contributed by atoms with van der Waals surface area (Å²) in [6, 6.07) is 4.29. The lowest BCUT2D eigenvalue weighted by Gasteiger charge is -2.49. The number of carbonyl (C=O) groups excluding carboxylic acids is 2. The third-order valence-corrected chi connectivity index (χ3v) is 5.42. The number of nitrogens with zero attached hydrogens (tertiary/aromatic N) is 2. The number of halogens is 1. The molecular weight excluding hydrogens is 325 g/mol. The Kier molecular flexibility index (Phi) is 4.94. The van der Waals surface area contributed by atoms with Crippen LogP contribution in [0.4, 0.5) is 4.39 Å². The normalized spacial score (nSPS) is 24.8. The van der Waals surface area contributed by atoms with Gasteiger partial charge in [-0.05, 0) is 38.1 Å². The summed E-state index contributed by atoms with van der Waals surface area (Å²) in [6.07, 6.45) is 1.98. The van der Waals surface area contributed by atoms with Crippen LogP contribution in [-0.4, -0.2) is 67.5 Å². The van der Waals surface area contributed by atoms with Gasteiger partial charge in [0.1, 0.15) is 0 Å². The van der Waals surface area contributed by atoms with E-state index in [1.165, 1.54) is 19.2 Å². The molecule has 0 bridgehead atoms. The van der Waals surface area contributed by atoms with Crippen LogP contribution in [-0.2, 0) is 4.79 Å². The van der Waals surface area contributed by atoms with Gasteiger partial charge in [-0.15, -0.1) is 0 Å². The molecule has 1 N–H and O–H groups in total. The van der Waals surface area contributed by atoms with Crippen LogP contribution < -0.4 is 10.1 Å². The van der Waals surface area contributed by atoms with E-state index in [0.29, 0.717) is 31.6 Å². The van der Waals surface area contributed by atoms with E-state index in [0.717, 1.165) is 19.4 Å². The minimum atomic E-state index is -0.540. The number of rotatable bonds is 2. The number of carbonyl (C=O) groups is 2. The molecule has 1 aromatic carbocycles. The molecule has 1 spiro atoms. The van der Waals surface area contributed by atoms with Gasteiger partial charge < -0.3 is 15.0 Å². The van der Waals surface area contributed by atoms with Crippen LogP contribution >= 0.6 is 0 Å². The predicted molar refractivity (Wildman–Crippen MR) is 91.1 cm³/mol. The van der Waals surface area contributed by atoms with Gasteiger partial charge in [0.2, 0.25) is 5.91 Å². The fourth-order valence-corrected chi connectivity index (χ4v) is 3.75. The van der Waals surface area contributed by atoms with Crippen LogP contribution in [0, 0.1) is 5.82 Å². The molecule has 1 atom stereocenters. The average Bonchev–Trinajstić information content (AvgIpc) is 2.79. The summed E-state index contributed by atoms with van der Waals surface area (Å²) in [4.78, 5) is 28.6. The summed E-state index contributed by atoms with van der Waals surface area (Å²) in [6.45, 7) is 2.48. The van der Waals surface area contributed by atoms with Crippen LogP contribution in [0.15, 0.2) is 18.2 Å². The van der Waals surface area contributed by atoms with Crippen molar-refractivity contribution in [3.8, 4) is 5.75 Å². The smallest absolute Gasteiger partial charge is 0.254 e. The predicted octanol–water partition coefficient (Wildman–Crippen LogP) is 1.26. The first kappa shape index (κ1) is 17.7. The summed E-state index contributed by atoms with van der Waals surface area (Å²) in [5.41, 5.74) is 0.110. The van der Waals surface area contributed by atoms with Gasteiger partial charge in [0.15, 0.2) is 11.6 Å². The van der Waals surface area contributed by atoms with Crippen LogP contribution in [0.5, 0.6) is 5.75 Å². The maximum atomic E-state index is 13.9. The lowest BCUT2D eigenvalue weighted by molar-refractivity contribution is -0.121. The fourth-order valence-electron chi connectivity index (χ4n) is 3.75. The number of nitrogens with one attached hydrogen (secondary N) is 1. The molecule has 2 fully saturated rings. The number of amides is 2. The zero-order valence-electron chi connectivity index (χ0n) is 14.7. The lowest BCUT2D eigenvalue weighted by Crippen LogP contribution is -2.62. The molecule has 136 valence electrons. The first-order valence-electron chi connectivity index (χ1n) is 8.56. The quantitative estimate of drug-likeness (QED) is 0.873. The molecule has 2 amide bonds. The Hall–Kier alpha value is -2.15. The minimum absolute atomic E-state index is 0.0611. The number of piperazine rings is 1. The maximum Gasteiger partial charge on any atom is 0.254 e. The van der Waals surface area contributed by atoms with Crippen molar-refractivity contribution in [3.63, 3.8) is 0 Å². The highest BCUT2D eigenvalue weighted by Crippen LogP contribution is 2.31. The number of ether oxygens (including phenoxy) is 1. The van der Waals surface area contributed by atoms with Crippen molar-refractivity contribution in [2.75, 3.05) is 40.3 Å². The minimum Gasteiger partial charge on any atom is -0.494 e. The molecule has 0 unspecified atom stereocenters. The Morgan fingerprint density at radius 3 is 2.84 bits per heavy atom. The number of likely N-dealkylation sites (N-methyl/N-ethyl adjacent to an activating group) is 1. The Morgan fingerprint density at radius 2 is 2.12 bits per heavy atom. The molecule has 1 aromatic rings. The van der Waals surface area contributed by atoms with Crippen molar-refractivity contribution in [1.82, 2.24) is 15.1 Å². The lowest BCUT2D eigenvalue weighted by atomic mass is 9.86. The highest BCUT2D eigenvalue weighted by Gasteiger charge is 2.42. The Labute approximate surface area is 146 Å². The van der Waals surface area contributed by atoms with Gasteiger partial charge in [-0.3, -0.25) is 14.5 Å². The second kappa shape index (κ2) is 7.00. The topological polar surface area (TPSA) is 61.9 Å². The van der Waals surface area contributed by atoms with Gasteiger partial charge in [-0.1, -0.05) is 0 Å². The van der Waals surface area contributed by atoms with Gasteiger partial charge in [0, 0.05) is 43.7 Å². The van der Waals surface area contributed by atoms with E-state index in [1.807, 2.05) is 7.05 Å². The molecule has 2 saturated heterocycles. The van der Waals surface area contributed by atoms with Crippen molar-refractivity contribution in [2.24, 2.45) is 0 Å². The van der Waals surface area contributed by atoms with Crippen LogP contribution in [0.1, 0.15) is 29.6 Å². The average molecular weight is 349 g/mol. The molecule has 0 radical (unpaired) electrons. The number of benzene rings is 1. The monoisotopic (exact) mass is 349 g/mol. The Balaban J connectivity index is 1.79. The van der Waals surface area contributed by atoms with E-state index in [1.54, 1.807) is 11.0 Å². The molecule has 2 aliphatic heterocycles. The van der Waals surface area contributed by atoms with Crippen LogP contribution in [0.3, 0.4) is 0 Å². The second-order valence-corrected chi connectivity index (χ2v) is 6.82. The third-order valence-electron chi connectivity index (χ3n) is 5.42. The van der Waals surface area contributed by atoms with Crippen molar-refractivity contribution in [3.05, 3.63) is 29.6 Å². The molecule has 0 aromatic heterocycles. The van der Waals surface area contributed by atoms with E-state index >= 15 is 0 Å². The molecule has 0 aliphatic carbocycles. The summed E-state index contributed by atoms with van der Waals surface area (Å²) in [5.74, 6) is -0.537. The molecular formula is C18H24FN3O3. The largest absolute Gasteiger partial charge is 0.494 e. The van der Waals surface area contributed by atoms with Gasteiger partial charge in [0.25, 0.3) is 5.91 Å². The molecule has 7 heteroatoms. The second-order valence-electron chi connectivity index (χ2n) is 6.82. The molecule has 0 saturated carbocycles. The maximum absolute atomic E-state index is 13.9. The van der Waals surface area contributed by atoms with Crippen molar-refractivity contribution < 1.29 is 18.7 Å². The third kappa shape index (κ3) is 3.46. The van der Waals surface area contributed by atoms with E-state index in [2.05, 4.69) is 10.2 Å². The summed E-state index contributed by atoms with van der Waals surface area (Å²) < 4.78 is 18.8. The standard InChI is InChI=1S/C18H24FN3O3/c1-21-9-10-22(12-18(21)6-5-16(23)20-8-7-18)17(24)13-3-4-15(25-2)14(19)11-13/h3-4,11H,5-10,12H2,1-2H3,(H,20,23)/t18-/m1/s1. The SMILES string of the molecule is COc1ccc(C(=O)N2CCN(C)[C@]3(CCNC(=O)CC3)C2)cc1F. The molecule has 3 rings (SSSR count). The van der Waals surface area contributed by atoms with Gasteiger partial charge in [-0.25, -0.2) is 4.39 Å². The Morgan fingerprint density at radius 1 is 1.32 bits per heavy atom. The van der Waals surface area contributed by atoms with Gasteiger partial charge in [0.05, 0.1) is 7.11 Å². The summed E-state index contributed by atoms with van der Waals surface area (Å²) in [7, 11) is 3.44. The molecule has 6 nitrogen and oxygen atoms in total. The molecule has 2 heterocycles. The van der Waals surface area contributed by atoms with E-state index in [-0.39, 0.29) is 23.1 Å². The highest BCUT2D eigenvalue weighted by atomic mass is 19.1. The first-order valence-corrected chi connectivity index (χ1v) is 8.56. The van der Waals surface area contributed by atoms with E-state index < -0.39 is 5.82 Å². The number of hydrogen-bond acceptors (Lipinski definition) is 4. The molecule has 2 aliphatic rings. The summed E-state index contributed by atoms with van der Waals surface area (Å²) in [5, 5.41) is 2.90. The Bertz CT molecular complexity index is 682. The summed E-state index contributed by atoms with van der Waals surface area (Å²) >= 11 is 0. The zero-order valence-corrected chi connectivity index (χ0v) is 14.7. The first-order chi connectivity index (χ1) is 11.9. The fraction of sp³-hybridized carbons (Fsp3) is 0.556. The molecule has 25 heavy (non-hydrogen) atoms. The van der Waals surface area contributed by atoms with Gasteiger partial charge in [-0.2, -0.15) is 0 Å². The number of methoxy groups -OCH3 is 1.